The van der Waals surface area contributed by atoms with E-state index in [9.17, 15) is 4.39 Å². The first kappa shape index (κ1) is 14.0. The van der Waals surface area contributed by atoms with Gasteiger partial charge in [0.25, 0.3) is 0 Å². The van der Waals surface area contributed by atoms with Gasteiger partial charge in [-0.25, -0.2) is 4.39 Å². The Morgan fingerprint density at radius 3 is 2.83 bits per heavy atom. The van der Waals surface area contributed by atoms with Gasteiger partial charge in [0.15, 0.2) is 0 Å². The van der Waals surface area contributed by atoms with Gasteiger partial charge >= 0.3 is 0 Å². The molecule has 0 spiro atoms. The molecular weight excluding hydrogens is 297 g/mol. The predicted molar refractivity (Wildman–Crippen MR) is 74.1 cm³/mol. The van der Waals surface area contributed by atoms with Crippen molar-refractivity contribution in [2.24, 2.45) is 0 Å². The lowest BCUT2D eigenvalue weighted by molar-refractivity contribution is 0.106. The summed E-state index contributed by atoms with van der Waals surface area (Å²) in [7, 11) is 1.75. The highest BCUT2D eigenvalue weighted by atomic mass is 79.9. The lowest BCUT2D eigenvalue weighted by Crippen LogP contribution is -2.30. The van der Waals surface area contributed by atoms with Crippen LogP contribution in [0.3, 0.4) is 0 Å². The molecule has 0 heterocycles. The molecule has 1 aliphatic carbocycles. The summed E-state index contributed by atoms with van der Waals surface area (Å²) < 4.78 is 19.9. The molecule has 0 amide bonds. The number of methoxy groups -OCH3 is 1. The summed E-state index contributed by atoms with van der Waals surface area (Å²) in [4.78, 5) is 0. The number of ether oxygens (including phenoxy) is 1. The Balaban J connectivity index is 1.97. The molecule has 0 saturated heterocycles. The third kappa shape index (κ3) is 3.31. The highest BCUT2D eigenvalue weighted by Crippen LogP contribution is 2.26. The molecule has 4 heteroatoms. The number of hydrogen-bond donors (Lipinski definition) is 1. The maximum absolute atomic E-state index is 13.8. The normalized spacial score (nSPS) is 25.3. The van der Waals surface area contributed by atoms with E-state index in [-0.39, 0.29) is 11.9 Å². The molecule has 1 aromatic carbocycles. The van der Waals surface area contributed by atoms with Gasteiger partial charge in [-0.1, -0.05) is 22.0 Å². The highest BCUT2D eigenvalue weighted by molar-refractivity contribution is 9.10. The first-order chi connectivity index (χ1) is 8.60. The van der Waals surface area contributed by atoms with Crippen LogP contribution in [0.25, 0.3) is 0 Å². The Morgan fingerprint density at radius 2 is 2.22 bits per heavy atom. The molecule has 0 aliphatic heterocycles. The van der Waals surface area contributed by atoms with Gasteiger partial charge in [0, 0.05) is 29.2 Å². The zero-order valence-corrected chi connectivity index (χ0v) is 12.3. The molecule has 1 N–H and O–H groups in total. The third-order valence-corrected chi connectivity index (χ3v) is 4.13. The van der Waals surface area contributed by atoms with E-state index in [0.717, 1.165) is 29.3 Å². The topological polar surface area (TPSA) is 21.3 Å². The van der Waals surface area contributed by atoms with Crippen LogP contribution in [0.15, 0.2) is 22.7 Å². The van der Waals surface area contributed by atoms with Crippen LogP contribution in [0, 0.1) is 5.82 Å². The van der Waals surface area contributed by atoms with E-state index in [1.165, 1.54) is 6.07 Å². The summed E-state index contributed by atoms with van der Waals surface area (Å²) in [5.41, 5.74) is 0.721. The molecule has 1 aliphatic rings. The van der Waals surface area contributed by atoms with Crippen LogP contribution in [0.5, 0.6) is 0 Å². The van der Waals surface area contributed by atoms with Crippen LogP contribution in [0.4, 0.5) is 4.39 Å². The third-order valence-electron chi connectivity index (χ3n) is 3.63. The molecule has 0 bridgehead atoms. The van der Waals surface area contributed by atoms with Crippen LogP contribution < -0.4 is 5.32 Å². The second kappa shape index (κ2) is 6.13. The maximum Gasteiger partial charge on any atom is 0.129 e. The maximum atomic E-state index is 13.8. The monoisotopic (exact) mass is 315 g/mol. The number of hydrogen-bond acceptors (Lipinski definition) is 2. The summed E-state index contributed by atoms with van der Waals surface area (Å²) in [5, 5.41) is 3.48. The van der Waals surface area contributed by atoms with Crippen molar-refractivity contribution in [2.75, 3.05) is 7.11 Å². The molecule has 1 fully saturated rings. The minimum absolute atomic E-state index is 0.0266. The number of nitrogens with one attached hydrogen (secondary N) is 1. The van der Waals surface area contributed by atoms with E-state index in [1.54, 1.807) is 7.11 Å². The number of halogens is 2. The predicted octanol–water partition coefficient (Wildman–Crippen LogP) is 3.81. The lowest BCUT2D eigenvalue weighted by Gasteiger charge is -2.20. The second-order valence-corrected chi connectivity index (χ2v) is 5.84. The highest BCUT2D eigenvalue weighted by Gasteiger charge is 2.26. The van der Waals surface area contributed by atoms with Gasteiger partial charge in [0.05, 0.1) is 6.10 Å². The van der Waals surface area contributed by atoms with E-state index in [1.807, 2.05) is 19.1 Å². The van der Waals surface area contributed by atoms with Crippen molar-refractivity contribution in [3.63, 3.8) is 0 Å². The van der Waals surface area contributed by atoms with Crippen molar-refractivity contribution in [3.8, 4) is 0 Å². The molecular formula is C14H19BrFNO. The van der Waals surface area contributed by atoms with E-state index < -0.39 is 0 Å². The summed E-state index contributed by atoms with van der Waals surface area (Å²) in [6.07, 6.45) is 3.55. The van der Waals surface area contributed by atoms with E-state index in [0.29, 0.717) is 12.1 Å². The zero-order chi connectivity index (χ0) is 13.1. The molecule has 2 rings (SSSR count). The molecule has 1 aromatic rings. The van der Waals surface area contributed by atoms with E-state index >= 15 is 0 Å². The minimum atomic E-state index is -0.161. The summed E-state index contributed by atoms with van der Waals surface area (Å²) in [6, 6.07) is 5.68. The van der Waals surface area contributed by atoms with Crippen molar-refractivity contribution in [3.05, 3.63) is 34.1 Å². The Hall–Kier alpha value is -0.450. The largest absolute Gasteiger partial charge is 0.381 e. The van der Waals surface area contributed by atoms with Crippen molar-refractivity contribution >= 4 is 15.9 Å². The minimum Gasteiger partial charge on any atom is -0.381 e. The molecule has 3 atom stereocenters. The fourth-order valence-corrected chi connectivity index (χ4v) is 2.93. The van der Waals surface area contributed by atoms with Gasteiger partial charge in [0.2, 0.25) is 0 Å². The Bertz CT molecular complexity index is 413. The van der Waals surface area contributed by atoms with E-state index in [4.69, 9.17) is 4.74 Å². The fourth-order valence-electron chi connectivity index (χ4n) is 2.60. The van der Waals surface area contributed by atoms with Crippen LogP contribution >= 0.6 is 15.9 Å². The Morgan fingerprint density at radius 1 is 1.44 bits per heavy atom. The van der Waals surface area contributed by atoms with Crippen LogP contribution in [-0.4, -0.2) is 19.3 Å². The van der Waals surface area contributed by atoms with Gasteiger partial charge in [-0.3, -0.25) is 0 Å². The Kier molecular flexibility index (Phi) is 4.76. The lowest BCUT2D eigenvalue weighted by atomic mass is 10.1. The van der Waals surface area contributed by atoms with Crippen LogP contribution in [-0.2, 0) is 4.74 Å². The standard InChI is InChI=1S/C14H19BrFNO/c1-9(13-6-3-10(15)7-14(13)16)17-11-4-5-12(8-11)18-2/h3,6-7,9,11-12,17H,4-5,8H2,1-2H3. The summed E-state index contributed by atoms with van der Waals surface area (Å²) >= 11 is 3.27. The second-order valence-electron chi connectivity index (χ2n) is 4.92. The van der Waals surface area contributed by atoms with Gasteiger partial charge < -0.3 is 10.1 Å². The van der Waals surface area contributed by atoms with Crippen molar-refractivity contribution < 1.29 is 9.13 Å². The molecule has 100 valence electrons. The van der Waals surface area contributed by atoms with Crippen LogP contribution in [0.1, 0.15) is 37.8 Å². The van der Waals surface area contributed by atoms with Crippen molar-refractivity contribution in [1.29, 1.82) is 0 Å². The smallest absolute Gasteiger partial charge is 0.129 e. The Labute approximate surface area is 116 Å². The summed E-state index contributed by atoms with van der Waals surface area (Å²) in [5.74, 6) is -0.161. The van der Waals surface area contributed by atoms with Crippen LogP contribution in [0.2, 0.25) is 0 Å². The molecule has 2 nitrogen and oxygen atoms in total. The molecule has 3 unspecified atom stereocenters. The average Bonchev–Trinajstić information content (AvgIpc) is 2.76. The van der Waals surface area contributed by atoms with Gasteiger partial charge in [-0.2, -0.15) is 0 Å². The average molecular weight is 316 g/mol. The molecule has 0 aromatic heterocycles. The van der Waals surface area contributed by atoms with Gasteiger partial charge in [-0.05, 0) is 38.3 Å². The first-order valence-electron chi connectivity index (χ1n) is 6.34. The first-order valence-corrected chi connectivity index (χ1v) is 7.13. The van der Waals surface area contributed by atoms with Gasteiger partial charge in [-0.15, -0.1) is 0 Å². The number of benzene rings is 1. The molecule has 1 saturated carbocycles. The zero-order valence-electron chi connectivity index (χ0n) is 10.7. The SMILES string of the molecule is COC1CCC(NC(C)c2ccc(Br)cc2F)C1. The molecule has 18 heavy (non-hydrogen) atoms. The van der Waals surface area contributed by atoms with Gasteiger partial charge in [0.1, 0.15) is 5.82 Å². The van der Waals surface area contributed by atoms with Crippen molar-refractivity contribution in [2.45, 2.75) is 44.4 Å². The van der Waals surface area contributed by atoms with Crippen molar-refractivity contribution in [1.82, 2.24) is 5.32 Å². The fraction of sp³-hybridized carbons (Fsp3) is 0.571. The molecule has 0 radical (unpaired) electrons. The van der Waals surface area contributed by atoms with E-state index in [2.05, 4.69) is 21.2 Å². The summed E-state index contributed by atoms with van der Waals surface area (Å²) in [6.45, 7) is 2.01. The number of rotatable bonds is 4. The quantitative estimate of drug-likeness (QED) is 0.912.